The number of aromatic amines is 1. The third kappa shape index (κ3) is 2.05. The number of fused-ring (bicyclic) bond motifs is 1. The number of nitrogens with zero attached hydrogens (tertiary/aromatic N) is 1. The SMILES string of the molecule is Cc1cc(Cl)cc2[nH]c(C3CCCNC3)nc12. The van der Waals surface area contributed by atoms with Gasteiger partial charge in [0.25, 0.3) is 0 Å². The number of hydrogen-bond acceptors (Lipinski definition) is 2. The Balaban J connectivity index is 2.03. The maximum absolute atomic E-state index is 6.06. The Bertz CT molecular complexity index is 541. The molecule has 1 aliphatic heterocycles. The van der Waals surface area contributed by atoms with Crippen LogP contribution in [0.25, 0.3) is 11.0 Å². The average molecular weight is 250 g/mol. The van der Waals surface area contributed by atoms with Gasteiger partial charge in [0.1, 0.15) is 5.82 Å². The molecule has 0 bridgehead atoms. The van der Waals surface area contributed by atoms with E-state index in [0.717, 1.165) is 40.5 Å². The summed E-state index contributed by atoms with van der Waals surface area (Å²) in [7, 11) is 0. The summed E-state index contributed by atoms with van der Waals surface area (Å²) < 4.78 is 0. The second kappa shape index (κ2) is 4.31. The fourth-order valence-corrected chi connectivity index (χ4v) is 2.82. The quantitative estimate of drug-likeness (QED) is 0.816. The lowest BCUT2D eigenvalue weighted by atomic mass is 9.99. The van der Waals surface area contributed by atoms with Gasteiger partial charge in [0.2, 0.25) is 0 Å². The van der Waals surface area contributed by atoms with E-state index in [1.165, 1.54) is 12.8 Å². The molecule has 1 unspecified atom stereocenters. The number of aryl methyl sites for hydroxylation is 1. The van der Waals surface area contributed by atoms with Crippen molar-refractivity contribution in [2.24, 2.45) is 0 Å². The van der Waals surface area contributed by atoms with Crippen LogP contribution >= 0.6 is 11.6 Å². The van der Waals surface area contributed by atoms with Gasteiger partial charge in [0.05, 0.1) is 11.0 Å². The number of rotatable bonds is 1. The van der Waals surface area contributed by atoms with E-state index < -0.39 is 0 Å². The molecular weight excluding hydrogens is 234 g/mol. The number of imidazole rings is 1. The van der Waals surface area contributed by atoms with Gasteiger partial charge in [-0.05, 0) is 44.0 Å². The molecule has 3 rings (SSSR count). The number of halogens is 1. The van der Waals surface area contributed by atoms with Crippen LogP contribution in [0.5, 0.6) is 0 Å². The molecule has 0 saturated carbocycles. The molecule has 17 heavy (non-hydrogen) atoms. The fourth-order valence-electron chi connectivity index (χ4n) is 2.54. The van der Waals surface area contributed by atoms with Crippen LogP contribution in [0.3, 0.4) is 0 Å². The minimum absolute atomic E-state index is 0.509. The zero-order chi connectivity index (χ0) is 11.8. The highest BCUT2D eigenvalue weighted by atomic mass is 35.5. The number of piperidine rings is 1. The van der Waals surface area contributed by atoms with Gasteiger partial charge < -0.3 is 10.3 Å². The molecule has 0 radical (unpaired) electrons. The lowest BCUT2D eigenvalue weighted by molar-refractivity contribution is 0.449. The minimum Gasteiger partial charge on any atom is -0.342 e. The molecular formula is C13H16ClN3. The van der Waals surface area contributed by atoms with Crippen LogP contribution in [-0.4, -0.2) is 23.1 Å². The summed E-state index contributed by atoms with van der Waals surface area (Å²) in [6.07, 6.45) is 2.43. The van der Waals surface area contributed by atoms with Gasteiger partial charge in [-0.25, -0.2) is 4.98 Å². The molecule has 1 atom stereocenters. The third-order valence-corrected chi connectivity index (χ3v) is 3.66. The second-order valence-corrected chi connectivity index (χ2v) is 5.22. The van der Waals surface area contributed by atoms with Crippen molar-refractivity contribution >= 4 is 22.6 Å². The average Bonchev–Trinajstić information content (AvgIpc) is 2.74. The Kier molecular flexibility index (Phi) is 2.81. The summed E-state index contributed by atoms with van der Waals surface area (Å²) in [5.41, 5.74) is 3.24. The first-order chi connectivity index (χ1) is 8.24. The first kappa shape index (κ1) is 11.1. The molecule has 2 aromatic rings. The van der Waals surface area contributed by atoms with E-state index in [0.29, 0.717) is 5.92 Å². The number of hydrogen-bond donors (Lipinski definition) is 2. The number of H-pyrrole nitrogens is 1. The minimum atomic E-state index is 0.509. The molecule has 0 amide bonds. The first-order valence-electron chi connectivity index (χ1n) is 6.10. The van der Waals surface area contributed by atoms with Crippen molar-refractivity contribution in [3.8, 4) is 0 Å². The van der Waals surface area contributed by atoms with E-state index in [-0.39, 0.29) is 0 Å². The molecule has 1 fully saturated rings. The lowest BCUT2D eigenvalue weighted by Crippen LogP contribution is -2.28. The molecule has 0 spiro atoms. The van der Waals surface area contributed by atoms with Crippen LogP contribution in [0, 0.1) is 6.92 Å². The molecule has 0 aliphatic carbocycles. The number of nitrogens with one attached hydrogen (secondary N) is 2. The first-order valence-corrected chi connectivity index (χ1v) is 6.48. The number of aromatic nitrogens is 2. The summed E-state index contributed by atoms with van der Waals surface area (Å²) in [4.78, 5) is 8.13. The van der Waals surface area contributed by atoms with Crippen LogP contribution in [0.1, 0.15) is 30.1 Å². The predicted octanol–water partition coefficient (Wildman–Crippen LogP) is 2.99. The molecule has 90 valence electrons. The van der Waals surface area contributed by atoms with E-state index in [1.807, 2.05) is 12.1 Å². The fraction of sp³-hybridized carbons (Fsp3) is 0.462. The largest absolute Gasteiger partial charge is 0.342 e. The highest BCUT2D eigenvalue weighted by Crippen LogP contribution is 2.26. The van der Waals surface area contributed by atoms with Crippen LogP contribution < -0.4 is 5.32 Å². The van der Waals surface area contributed by atoms with E-state index in [2.05, 4.69) is 17.2 Å². The van der Waals surface area contributed by atoms with Gasteiger partial charge in [0, 0.05) is 17.5 Å². The van der Waals surface area contributed by atoms with Crippen molar-refractivity contribution in [1.29, 1.82) is 0 Å². The van der Waals surface area contributed by atoms with Gasteiger partial charge in [-0.2, -0.15) is 0 Å². The van der Waals surface area contributed by atoms with Crippen molar-refractivity contribution in [3.05, 3.63) is 28.5 Å². The lowest BCUT2D eigenvalue weighted by Gasteiger charge is -2.20. The van der Waals surface area contributed by atoms with E-state index in [9.17, 15) is 0 Å². The van der Waals surface area contributed by atoms with Crippen molar-refractivity contribution in [2.45, 2.75) is 25.7 Å². The zero-order valence-electron chi connectivity index (χ0n) is 9.89. The smallest absolute Gasteiger partial charge is 0.111 e. The van der Waals surface area contributed by atoms with Gasteiger partial charge in [-0.15, -0.1) is 0 Å². The molecule has 4 heteroatoms. The topological polar surface area (TPSA) is 40.7 Å². The Morgan fingerprint density at radius 1 is 1.41 bits per heavy atom. The monoisotopic (exact) mass is 249 g/mol. The summed E-state index contributed by atoms with van der Waals surface area (Å²) >= 11 is 6.06. The summed E-state index contributed by atoms with van der Waals surface area (Å²) in [6.45, 7) is 4.20. The van der Waals surface area contributed by atoms with Gasteiger partial charge in [-0.3, -0.25) is 0 Å². The van der Waals surface area contributed by atoms with E-state index in [4.69, 9.17) is 16.6 Å². The highest BCUT2D eigenvalue weighted by molar-refractivity contribution is 6.31. The molecule has 2 N–H and O–H groups in total. The molecule has 2 heterocycles. The van der Waals surface area contributed by atoms with Gasteiger partial charge in [0.15, 0.2) is 0 Å². The van der Waals surface area contributed by atoms with Crippen molar-refractivity contribution in [3.63, 3.8) is 0 Å². The normalized spacial score (nSPS) is 20.9. The Labute approximate surface area is 106 Å². The molecule has 1 aromatic carbocycles. The van der Waals surface area contributed by atoms with Crippen LogP contribution in [0.4, 0.5) is 0 Å². The van der Waals surface area contributed by atoms with Crippen molar-refractivity contribution in [1.82, 2.24) is 15.3 Å². The zero-order valence-corrected chi connectivity index (χ0v) is 10.6. The second-order valence-electron chi connectivity index (χ2n) is 4.78. The van der Waals surface area contributed by atoms with E-state index >= 15 is 0 Å². The highest BCUT2D eigenvalue weighted by Gasteiger charge is 2.19. The van der Waals surface area contributed by atoms with Gasteiger partial charge in [-0.1, -0.05) is 11.6 Å². The molecule has 3 nitrogen and oxygen atoms in total. The summed E-state index contributed by atoms with van der Waals surface area (Å²) in [6, 6.07) is 3.92. The maximum Gasteiger partial charge on any atom is 0.111 e. The maximum atomic E-state index is 6.06. The molecule has 1 aliphatic rings. The predicted molar refractivity (Wildman–Crippen MR) is 70.7 cm³/mol. The standard InChI is InChI=1S/C13H16ClN3/c1-8-5-10(14)6-11-12(8)17-13(16-11)9-3-2-4-15-7-9/h5-6,9,15H,2-4,7H2,1H3,(H,16,17). The van der Waals surface area contributed by atoms with Gasteiger partial charge >= 0.3 is 0 Å². The van der Waals surface area contributed by atoms with Crippen molar-refractivity contribution < 1.29 is 0 Å². The molecule has 1 aromatic heterocycles. The van der Waals surface area contributed by atoms with E-state index in [1.54, 1.807) is 0 Å². The van der Waals surface area contributed by atoms with Crippen LogP contribution in [0.2, 0.25) is 5.02 Å². The number of benzene rings is 1. The van der Waals surface area contributed by atoms with Crippen LogP contribution in [-0.2, 0) is 0 Å². The van der Waals surface area contributed by atoms with Crippen molar-refractivity contribution in [2.75, 3.05) is 13.1 Å². The third-order valence-electron chi connectivity index (χ3n) is 3.44. The molecule has 1 saturated heterocycles. The summed E-state index contributed by atoms with van der Waals surface area (Å²) in [5, 5.41) is 4.19. The van der Waals surface area contributed by atoms with Crippen LogP contribution in [0.15, 0.2) is 12.1 Å². The Morgan fingerprint density at radius 2 is 2.29 bits per heavy atom. The summed E-state index contributed by atoms with van der Waals surface area (Å²) in [5.74, 6) is 1.60. The Morgan fingerprint density at radius 3 is 3.06 bits per heavy atom. The Hall–Kier alpha value is -1.06.